The molecule has 0 aromatic heterocycles. The van der Waals surface area contributed by atoms with E-state index in [-0.39, 0.29) is 12.3 Å². The maximum absolute atomic E-state index is 10.9. The highest BCUT2D eigenvalue weighted by atomic mass is 79.9. The maximum Gasteiger partial charge on any atom is 0.269 e. The van der Waals surface area contributed by atoms with Gasteiger partial charge in [-0.05, 0) is 70.4 Å². The van der Waals surface area contributed by atoms with Crippen LogP contribution in [0.3, 0.4) is 0 Å². The smallest absolute Gasteiger partial charge is 0.269 e. The molecule has 0 aliphatic heterocycles. The number of non-ortho nitro benzene ring substituents is 1. The summed E-state index contributed by atoms with van der Waals surface area (Å²) in [5.74, 6) is 0.962. The van der Waals surface area contributed by atoms with Crippen molar-refractivity contribution < 1.29 is 14.4 Å². The number of nitro benzene ring substituents is 1. The molecule has 0 bridgehead atoms. The van der Waals surface area contributed by atoms with Gasteiger partial charge in [-0.2, -0.15) is 10.5 Å². The number of nitro groups is 1. The number of hydrogen-bond acceptors (Lipinski definition) is 6. The third-order valence-corrected chi connectivity index (χ3v) is 5.25. The molecule has 0 spiro atoms. The number of rotatable bonds is 8. The lowest BCUT2D eigenvalue weighted by molar-refractivity contribution is -0.384. The van der Waals surface area contributed by atoms with Crippen LogP contribution >= 0.6 is 15.9 Å². The number of halogens is 1. The molecule has 0 radical (unpaired) electrons. The molecule has 0 heterocycles. The van der Waals surface area contributed by atoms with Crippen molar-refractivity contribution in [2.45, 2.75) is 13.5 Å². The molecular weight excluding hydrogens is 486 g/mol. The molecule has 33 heavy (non-hydrogen) atoms. The molecule has 0 N–H and O–H groups in total. The molecule has 0 saturated heterocycles. The predicted molar refractivity (Wildman–Crippen MR) is 127 cm³/mol. The molecular formula is C25H18BrN3O4. The summed E-state index contributed by atoms with van der Waals surface area (Å²) in [6.07, 6.45) is 1.67. The van der Waals surface area contributed by atoms with Gasteiger partial charge in [-0.25, -0.2) is 0 Å². The van der Waals surface area contributed by atoms with Crippen LogP contribution in [0.15, 0.2) is 65.1 Å². The predicted octanol–water partition coefficient (Wildman–Crippen LogP) is 6.27. The van der Waals surface area contributed by atoms with E-state index in [1.165, 1.54) is 24.3 Å². The first-order chi connectivity index (χ1) is 16.0. The second kappa shape index (κ2) is 10.9. The lowest BCUT2D eigenvalue weighted by Gasteiger charge is -2.15. The van der Waals surface area contributed by atoms with Gasteiger partial charge in [-0.15, -0.1) is 0 Å². The van der Waals surface area contributed by atoms with Crippen LogP contribution in [0, 0.1) is 32.8 Å². The van der Waals surface area contributed by atoms with Crippen LogP contribution in [0.5, 0.6) is 11.5 Å². The first-order valence-electron chi connectivity index (χ1n) is 9.90. The summed E-state index contributed by atoms with van der Waals surface area (Å²) in [6, 6.07) is 20.8. The number of hydrogen-bond donors (Lipinski definition) is 0. The standard InChI is InChI=1S/C25H18BrN3O4/c1-2-32-24-13-17(11-21(15-28)18-7-9-22(10-8-18)29(30)31)12-23(26)25(24)33-16-20-6-4-3-5-19(20)14-27/h3-13H,2,16H2,1H3/b21-11-. The fraction of sp³-hybridized carbons (Fsp3) is 0.120. The maximum atomic E-state index is 10.9. The molecule has 0 atom stereocenters. The van der Waals surface area contributed by atoms with E-state index in [9.17, 15) is 20.6 Å². The van der Waals surface area contributed by atoms with Crippen molar-refractivity contribution in [2.75, 3.05) is 6.61 Å². The Morgan fingerprint density at radius 1 is 1.12 bits per heavy atom. The van der Waals surface area contributed by atoms with E-state index in [4.69, 9.17) is 9.47 Å². The Morgan fingerprint density at radius 2 is 1.85 bits per heavy atom. The van der Waals surface area contributed by atoms with Gasteiger partial charge in [0.2, 0.25) is 0 Å². The number of allylic oxidation sites excluding steroid dienone is 1. The van der Waals surface area contributed by atoms with E-state index in [1.807, 2.05) is 19.1 Å². The summed E-state index contributed by atoms with van der Waals surface area (Å²) >= 11 is 3.51. The number of nitrogens with zero attached hydrogens (tertiary/aromatic N) is 3. The van der Waals surface area contributed by atoms with Gasteiger partial charge >= 0.3 is 0 Å². The van der Waals surface area contributed by atoms with E-state index >= 15 is 0 Å². The first kappa shape index (κ1) is 23.5. The van der Waals surface area contributed by atoms with Crippen molar-refractivity contribution in [1.29, 1.82) is 10.5 Å². The molecule has 0 saturated carbocycles. The van der Waals surface area contributed by atoms with E-state index < -0.39 is 4.92 Å². The molecule has 3 aromatic carbocycles. The molecule has 164 valence electrons. The van der Waals surface area contributed by atoms with Crippen LogP contribution in [0.2, 0.25) is 0 Å². The van der Waals surface area contributed by atoms with Crippen LogP contribution in [0.25, 0.3) is 11.6 Å². The zero-order valence-electron chi connectivity index (χ0n) is 17.6. The average molecular weight is 504 g/mol. The summed E-state index contributed by atoms with van der Waals surface area (Å²) in [7, 11) is 0. The molecule has 8 heteroatoms. The average Bonchev–Trinajstić information content (AvgIpc) is 2.82. The van der Waals surface area contributed by atoms with Gasteiger partial charge in [0.15, 0.2) is 11.5 Å². The van der Waals surface area contributed by atoms with Gasteiger partial charge in [0.05, 0.1) is 39.3 Å². The van der Waals surface area contributed by atoms with Gasteiger partial charge in [-0.1, -0.05) is 18.2 Å². The van der Waals surface area contributed by atoms with Gasteiger partial charge < -0.3 is 9.47 Å². The number of ether oxygens (including phenoxy) is 2. The molecule has 7 nitrogen and oxygen atoms in total. The van der Waals surface area contributed by atoms with Crippen molar-refractivity contribution >= 4 is 33.3 Å². The van der Waals surface area contributed by atoms with Crippen molar-refractivity contribution in [3.05, 3.63) is 97.5 Å². The van der Waals surface area contributed by atoms with Crippen LogP contribution in [-0.4, -0.2) is 11.5 Å². The Bertz CT molecular complexity index is 1290. The van der Waals surface area contributed by atoms with Crippen LogP contribution in [0.4, 0.5) is 5.69 Å². The van der Waals surface area contributed by atoms with E-state index in [1.54, 1.807) is 30.3 Å². The quantitative estimate of drug-likeness (QED) is 0.155. The van der Waals surface area contributed by atoms with E-state index in [0.717, 1.165) is 5.56 Å². The minimum atomic E-state index is -0.487. The second-order valence-electron chi connectivity index (χ2n) is 6.79. The Balaban J connectivity index is 1.93. The van der Waals surface area contributed by atoms with Gasteiger partial charge in [0.25, 0.3) is 5.69 Å². The number of benzene rings is 3. The number of nitriles is 2. The van der Waals surface area contributed by atoms with Crippen LogP contribution in [0.1, 0.15) is 29.2 Å². The third-order valence-electron chi connectivity index (χ3n) is 4.66. The third kappa shape index (κ3) is 5.76. The molecule has 3 rings (SSSR count). The summed E-state index contributed by atoms with van der Waals surface area (Å²) in [6.45, 7) is 2.44. The van der Waals surface area contributed by atoms with Crippen molar-refractivity contribution in [1.82, 2.24) is 0 Å². The summed E-state index contributed by atoms with van der Waals surface area (Å²) in [5.41, 5.74) is 2.83. The minimum absolute atomic E-state index is 0.0445. The Kier molecular flexibility index (Phi) is 7.80. The summed E-state index contributed by atoms with van der Waals surface area (Å²) < 4.78 is 12.4. The Morgan fingerprint density at radius 3 is 2.48 bits per heavy atom. The molecule has 0 fully saturated rings. The van der Waals surface area contributed by atoms with Crippen molar-refractivity contribution in [2.24, 2.45) is 0 Å². The van der Waals surface area contributed by atoms with Crippen molar-refractivity contribution in [3.8, 4) is 23.6 Å². The molecule has 3 aromatic rings. The minimum Gasteiger partial charge on any atom is -0.490 e. The second-order valence-corrected chi connectivity index (χ2v) is 7.65. The fourth-order valence-corrected chi connectivity index (χ4v) is 3.66. The largest absolute Gasteiger partial charge is 0.490 e. The lowest BCUT2D eigenvalue weighted by atomic mass is 10.0. The fourth-order valence-electron chi connectivity index (χ4n) is 3.09. The Hall–Kier alpha value is -4.14. The SMILES string of the molecule is CCOc1cc(/C=C(/C#N)c2ccc([N+](=O)[O-])cc2)cc(Br)c1OCc1ccccc1C#N. The molecule has 0 aliphatic rings. The summed E-state index contributed by atoms with van der Waals surface area (Å²) in [5, 5.41) is 29.8. The highest BCUT2D eigenvalue weighted by Gasteiger charge is 2.14. The van der Waals surface area contributed by atoms with Gasteiger partial charge in [0, 0.05) is 17.7 Å². The monoisotopic (exact) mass is 503 g/mol. The lowest BCUT2D eigenvalue weighted by Crippen LogP contribution is -2.02. The molecule has 0 amide bonds. The van der Waals surface area contributed by atoms with E-state index in [0.29, 0.717) is 44.8 Å². The first-order valence-corrected chi connectivity index (χ1v) is 10.7. The zero-order valence-corrected chi connectivity index (χ0v) is 19.2. The van der Waals surface area contributed by atoms with Crippen LogP contribution in [-0.2, 0) is 6.61 Å². The van der Waals surface area contributed by atoms with Gasteiger partial charge in [-0.3, -0.25) is 10.1 Å². The Labute approximate surface area is 199 Å². The topological polar surface area (TPSA) is 109 Å². The highest BCUT2D eigenvalue weighted by Crippen LogP contribution is 2.38. The van der Waals surface area contributed by atoms with Crippen LogP contribution < -0.4 is 9.47 Å². The summed E-state index contributed by atoms with van der Waals surface area (Å²) in [4.78, 5) is 10.4. The van der Waals surface area contributed by atoms with E-state index in [2.05, 4.69) is 28.1 Å². The molecule has 0 aliphatic carbocycles. The highest BCUT2D eigenvalue weighted by molar-refractivity contribution is 9.10. The van der Waals surface area contributed by atoms with Gasteiger partial charge in [0.1, 0.15) is 6.61 Å². The van der Waals surface area contributed by atoms with Crippen molar-refractivity contribution in [3.63, 3.8) is 0 Å². The molecule has 0 unspecified atom stereocenters. The normalized spacial score (nSPS) is 10.7. The zero-order chi connectivity index (χ0) is 23.8.